The van der Waals surface area contributed by atoms with Gasteiger partial charge in [-0.15, -0.1) is 12.4 Å². The first-order valence-electron chi connectivity index (χ1n) is 8.15. The Hall–Kier alpha value is -1.85. The summed E-state index contributed by atoms with van der Waals surface area (Å²) in [5.74, 6) is 1.86. The highest BCUT2D eigenvalue weighted by Gasteiger charge is 2.23. The van der Waals surface area contributed by atoms with Gasteiger partial charge >= 0.3 is 0 Å². The lowest BCUT2D eigenvalue weighted by atomic mass is 10.0. The van der Waals surface area contributed by atoms with Crippen molar-refractivity contribution in [2.24, 2.45) is 5.92 Å². The molecule has 24 heavy (non-hydrogen) atoms. The Balaban J connectivity index is 0.00000208. The predicted octanol–water partition coefficient (Wildman–Crippen LogP) is 4.13. The number of nitrogens with zero attached hydrogens (tertiary/aromatic N) is 3. The van der Waals surface area contributed by atoms with E-state index < -0.39 is 0 Å². The maximum atomic E-state index is 6.16. The van der Waals surface area contributed by atoms with E-state index in [1.807, 2.05) is 32.0 Å². The predicted molar refractivity (Wildman–Crippen MR) is 102 cm³/mol. The average molecular weight is 349 g/mol. The molecule has 0 radical (unpaired) electrons. The van der Waals surface area contributed by atoms with Gasteiger partial charge in [-0.05, 0) is 25.8 Å². The lowest BCUT2D eigenvalue weighted by Gasteiger charge is -2.25. The first kappa shape index (κ1) is 18.5. The lowest BCUT2D eigenvalue weighted by Crippen LogP contribution is -2.22. The van der Waals surface area contributed by atoms with Gasteiger partial charge in [0.25, 0.3) is 0 Å². The zero-order chi connectivity index (χ0) is 16.6. The monoisotopic (exact) mass is 348 g/mol. The number of hydrogen-bond acceptors (Lipinski definition) is 4. The van der Waals surface area contributed by atoms with Gasteiger partial charge in [-0.2, -0.15) is 0 Å². The van der Waals surface area contributed by atoms with Crippen LogP contribution in [0.5, 0.6) is 0 Å². The summed E-state index contributed by atoms with van der Waals surface area (Å²) in [5, 5.41) is 1.08. The minimum atomic E-state index is 0. The molecule has 0 amide bonds. The number of pyridine rings is 1. The third-order valence-electron chi connectivity index (χ3n) is 4.32. The summed E-state index contributed by atoms with van der Waals surface area (Å²) in [6.07, 6.45) is 0. The van der Waals surface area contributed by atoms with Crippen molar-refractivity contribution < 1.29 is 4.74 Å². The quantitative estimate of drug-likeness (QED) is 0.752. The van der Waals surface area contributed by atoms with Crippen LogP contribution in [0.4, 0.5) is 5.82 Å². The Morgan fingerprint density at radius 2 is 1.92 bits per heavy atom. The van der Waals surface area contributed by atoms with E-state index in [9.17, 15) is 0 Å². The molecule has 0 fully saturated rings. The van der Waals surface area contributed by atoms with Gasteiger partial charge in [0, 0.05) is 12.0 Å². The van der Waals surface area contributed by atoms with E-state index in [4.69, 9.17) is 15.5 Å². The number of rotatable bonds is 5. The molecule has 1 unspecified atom stereocenters. The molecule has 0 saturated heterocycles. The van der Waals surface area contributed by atoms with Gasteiger partial charge in [0.2, 0.25) is 0 Å². The number of halogens is 1. The largest absolute Gasteiger partial charge is 0.382 e. The summed E-state index contributed by atoms with van der Waals surface area (Å²) in [4.78, 5) is 9.19. The minimum absolute atomic E-state index is 0. The maximum absolute atomic E-state index is 6.16. The van der Waals surface area contributed by atoms with Crippen molar-refractivity contribution in [2.45, 2.75) is 33.7 Å². The third-order valence-corrected chi connectivity index (χ3v) is 4.32. The van der Waals surface area contributed by atoms with Crippen molar-refractivity contribution in [2.75, 3.05) is 18.9 Å². The van der Waals surface area contributed by atoms with E-state index in [0.717, 1.165) is 27.8 Å². The molecule has 0 aliphatic heterocycles. The molecule has 1 atom stereocenters. The van der Waals surface area contributed by atoms with Gasteiger partial charge < -0.3 is 15.0 Å². The molecule has 2 heterocycles. The van der Waals surface area contributed by atoms with Gasteiger partial charge in [-0.25, -0.2) is 9.97 Å². The van der Waals surface area contributed by atoms with Crippen LogP contribution >= 0.6 is 12.4 Å². The van der Waals surface area contributed by atoms with Crippen LogP contribution in [0, 0.1) is 12.8 Å². The second-order valence-electron chi connectivity index (χ2n) is 6.21. The topological polar surface area (TPSA) is 66.0 Å². The molecule has 0 bridgehead atoms. The van der Waals surface area contributed by atoms with Gasteiger partial charge in [-0.3, -0.25) is 0 Å². The Kier molecular flexibility index (Phi) is 5.67. The Morgan fingerprint density at radius 3 is 2.58 bits per heavy atom. The van der Waals surface area contributed by atoms with Crippen LogP contribution in [0.3, 0.4) is 0 Å². The fraction of sp³-hybridized carbons (Fsp3) is 0.444. The molecule has 3 rings (SSSR count). The smallest absolute Gasteiger partial charge is 0.152 e. The number of aryl methyl sites for hydroxylation is 1. The molecule has 130 valence electrons. The number of nitrogen functional groups attached to an aromatic ring is 1. The minimum Gasteiger partial charge on any atom is -0.382 e. The molecule has 0 spiro atoms. The Morgan fingerprint density at radius 1 is 1.21 bits per heavy atom. The molecule has 2 N–H and O–H groups in total. The van der Waals surface area contributed by atoms with Crippen LogP contribution in [-0.2, 0) is 4.74 Å². The summed E-state index contributed by atoms with van der Waals surface area (Å²) in [6.45, 7) is 9.84. The van der Waals surface area contributed by atoms with Crippen molar-refractivity contribution in [1.82, 2.24) is 14.5 Å². The summed E-state index contributed by atoms with van der Waals surface area (Å²) >= 11 is 0. The number of anilines is 1. The highest BCUT2D eigenvalue weighted by Crippen LogP contribution is 2.33. The van der Waals surface area contributed by atoms with E-state index in [2.05, 4.69) is 29.5 Å². The van der Waals surface area contributed by atoms with E-state index in [0.29, 0.717) is 24.9 Å². The number of benzene rings is 1. The van der Waals surface area contributed by atoms with Crippen molar-refractivity contribution in [3.05, 3.63) is 30.1 Å². The number of ether oxygens (including phenoxy) is 1. The molecule has 6 heteroatoms. The number of para-hydroxylation sites is 1. The van der Waals surface area contributed by atoms with E-state index >= 15 is 0 Å². The zero-order valence-electron chi connectivity index (χ0n) is 14.6. The number of imidazole rings is 1. The molecule has 0 aliphatic carbocycles. The first-order valence-corrected chi connectivity index (χ1v) is 8.15. The highest BCUT2D eigenvalue weighted by atomic mass is 35.5. The SMILES string of the molecule is CCOCC(C(C)C)n1c(C)nc2c(N)nc3ccccc3c21.Cl. The second-order valence-corrected chi connectivity index (χ2v) is 6.21. The normalized spacial score (nSPS) is 12.7. The van der Waals surface area contributed by atoms with Gasteiger partial charge in [0.1, 0.15) is 11.3 Å². The summed E-state index contributed by atoms with van der Waals surface area (Å²) in [6, 6.07) is 8.29. The first-order chi connectivity index (χ1) is 11.0. The molecular formula is C18H25ClN4O. The standard InChI is InChI=1S/C18H24N4O.ClH/c1-5-23-10-15(11(2)3)22-12(4)20-16-17(22)13-8-6-7-9-14(13)21-18(16)19;/h6-9,11,15H,5,10H2,1-4H3,(H2,19,21);1H. The van der Waals surface area contributed by atoms with E-state index in [-0.39, 0.29) is 18.4 Å². The molecule has 0 aliphatic rings. The molecule has 1 aromatic carbocycles. The summed E-state index contributed by atoms with van der Waals surface area (Å²) < 4.78 is 8.01. The third kappa shape index (κ3) is 3.06. The molecule has 3 aromatic rings. The van der Waals surface area contributed by atoms with Crippen LogP contribution in [0.2, 0.25) is 0 Å². The second kappa shape index (κ2) is 7.36. The average Bonchev–Trinajstić information content (AvgIpc) is 2.86. The van der Waals surface area contributed by atoms with Crippen LogP contribution in [0.15, 0.2) is 24.3 Å². The maximum Gasteiger partial charge on any atom is 0.152 e. The van der Waals surface area contributed by atoms with Crippen LogP contribution in [0.1, 0.15) is 32.6 Å². The summed E-state index contributed by atoms with van der Waals surface area (Å²) in [5.41, 5.74) is 8.90. The van der Waals surface area contributed by atoms with E-state index in [1.165, 1.54) is 0 Å². The van der Waals surface area contributed by atoms with Gasteiger partial charge in [0.05, 0.1) is 23.7 Å². The fourth-order valence-electron chi connectivity index (χ4n) is 3.14. The molecule has 2 aromatic heterocycles. The van der Waals surface area contributed by atoms with E-state index in [1.54, 1.807) is 0 Å². The van der Waals surface area contributed by atoms with Crippen molar-refractivity contribution in [3.8, 4) is 0 Å². The van der Waals surface area contributed by atoms with Crippen LogP contribution < -0.4 is 5.73 Å². The highest BCUT2D eigenvalue weighted by molar-refractivity contribution is 6.06. The number of fused-ring (bicyclic) bond motifs is 3. The van der Waals surface area contributed by atoms with Crippen molar-refractivity contribution in [3.63, 3.8) is 0 Å². The number of hydrogen-bond donors (Lipinski definition) is 1. The summed E-state index contributed by atoms with van der Waals surface area (Å²) in [7, 11) is 0. The number of aromatic nitrogens is 3. The molecular weight excluding hydrogens is 324 g/mol. The van der Waals surface area contributed by atoms with Crippen molar-refractivity contribution in [1.29, 1.82) is 0 Å². The Bertz CT molecular complexity index is 844. The van der Waals surface area contributed by atoms with Gasteiger partial charge in [-0.1, -0.05) is 32.0 Å². The van der Waals surface area contributed by atoms with Crippen molar-refractivity contribution >= 4 is 40.2 Å². The fourth-order valence-corrected chi connectivity index (χ4v) is 3.14. The van der Waals surface area contributed by atoms with Gasteiger partial charge in [0.15, 0.2) is 5.82 Å². The molecule has 0 saturated carbocycles. The lowest BCUT2D eigenvalue weighted by molar-refractivity contribution is 0.0972. The molecule has 5 nitrogen and oxygen atoms in total. The van der Waals surface area contributed by atoms with Crippen LogP contribution in [0.25, 0.3) is 21.9 Å². The number of nitrogens with two attached hydrogens (primary N) is 1. The Labute approximate surface area is 148 Å². The zero-order valence-corrected chi connectivity index (χ0v) is 15.4. The van der Waals surface area contributed by atoms with Crippen LogP contribution in [-0.4, -0.2) is 27.7 Å².